The Morgan fingerprint density at radius 1 is 1.08 bits per heavy atom. The Morgan fingerprint density at radius 3 is 2.64 bits per heavy atom. The summed E-state index contributed by atoms with van der Waals surface area (Å²) in [6.07, 6.45) is 2.02. The van der Waals surface area contributed by atoms with Crippen molar-refractivity contribution in [2.45, 2.75) is 13.0 Å². The van der Waals surface area contributed by atoms with E-state index < -0.39 is 5.97 Å². The van der Waals surface area contributed by atoms with E-state index in [1.54, 1.807) is 42.5 Å². The van der Waals surface area contributed by atoms with E-state index in [2.05, 4.69) is 4.90 Å². The van der Waals surface area contributed by atoms with Crippen LogP contribution < -0.4 is 14.9 Å². The number of carbonyl (C=O) groups is 1. The van der Waals surface area contributed by atoms with Crippen LogP contribution in [0.2, 0.25) is 10.0 Å². The molecule has 0 bridgehead atoms. The lowest BCUT2D eigenvalue weighted by Crippen LogP contribution is -2.33. The highest BCUT2D eigenvalue weighted by atomic mass is 35.5. The van der Waals surface area contributed by atoms with Gasteiger partial charge in [0.05, 0.1) is 23.6 Å². The fourth-order valence-corrected chi connectivity index (χ4v) is 4.56. The molecule has 1 aliphatic rings. The van der Waals surface area contributed by atoms with E-state index in [0.29, 0.717) is 57.9 Å². The Hall–Kier alpha value is -3.52. The molecule has 1 aromatic heterocycles. The summed E-state index contributed by atoms with van der Waals surface area (Å²) in [4.78, 5) is 26.9. The predicted molar refractivity (Wildman–Crippen MR) is 136 cm³/mol. The first-order chi connectivity index (χ1) is 17.4. The first kappa shape index (κ1) is 24.2. The monoisotopic (exact) mass is 525 g/mol. The number of nitrogens with zero attached hydrogens (tertiary/aromatic N) is 1. The van der Waals surface area contributed by atoms with Crippen LogP contribution in [0.15, 0.2) is 70.1 Å². The Kier molecular flexibility index (Phi) is 6.87. The largest absolute Gasteiger partial charge is 0.478 e. The molecule has 0 saturated carbocycles. The van der Waals surface area contributed by atoms with Crippen molar-refractivity contribution in [2.75, 3.05) is 20.4 Å². The number of hydrogen-bond donors (Lipinski definition) is 0. The number of rotatable bonds is 6. The van der Waals surface area contributed by atoms with E-state index in [1.165, 1.54) is 13.4 Å². The topological polar surface area (TPSA) is 78.2 Å². The number of hydrogen-bond acceptors (Lipinski definition) is 7. The van der Waals surface area contributed by atoms with Crippen molar-refractivity contribution < 1.29 is 23.4 Å². The molecule has 0 unspecified atom stereocenters. The quantitative estimate of drug-likeness (QED) is 0.282. The second kappa shape index (κ2) is 10.2. The molecule has 7 nitrogen and oxygen atoms in total. The highest BCUT2D eigenvalue weighted by molar-refractivity contribution is 6.35. The Balaban J connectivity index is 1.35. The van der Waals surface area contributed by atoms with Crippen LogP contribution in [0.1, 0.15) is 21.5 Å². The van der Waals surface area contributed by atoms with Crippen LogP contribution in [0.3, 0.4) is 0 Å². The van der Waals surface area contributed by atoms with Crippen LogP contribution in [0.25, 0.3) is 11.0 Å². The lowest BCUT2D eigenvalue weighted by molar-refractivity contribution is 0.0600. The summed E-state index contributed by atoms with van der Waals surface area (Å²) in [6.45, 7) is 1.66. The Labute approximate surface area is 216 Å². The molecule has 0 saturated heterocycles. The Morgan fingerprint density at radius 2 is 1.89 bits per heavy atom. The van der Waals surface area contributed by atoms with E-state index >= 15 is 0 Å². The van der Waals surface area contributed by atoms with Crippen LogP contribution >= 0.6 is 23.2 Å². The number of ether oxygens (including phenoxy) is 3. The zero-order valence-corrected chi connectivity index (χ0v) is 20.8. The number of halogens is 2. The van der Waals surface area contributed by atoms with Crippen LogP contribution in [0, 0.1) is 0 Å². The summed E-state index contributed by atoms with van der Waals surface area (Å²) in [5.74, 6) is 0.657. The van der Waals surface area contributed by atoms with Gasteiger partial charge in [0.1, 0.15) is 30.1 Å². The van der Waals surface area contributed by atoms with E-state index in [-0.39, 0.29) is 11.2 Å². The normalized spacial score (nSPS) is 13.2. The molecule has 0 amide bonds. The van der Waals surface area contributed by atoms with Crippen molar-refractivity contribution in [3.8, 4) is 17.2 Å². The predicted octanol–water partition coefficient (Wildman–Crippen LogP) is 6.07. The molecule has 4 aromatic rings. The van der Waals surface area contributed by atoms with Crippen molar-refractivity contribution >= 4 is 40.1 Å². The SMILES string of the molecule is COC(=O)c1ccc(Oc2coc3c4c(ccc3c2=O)OCN(CCc2ccc(Cl)cc2Cl)C4)cc1. The molecule has 0 radical (unpaired) electrons. The standard InChI is InChI=1S/C27H21Cl2NO6/c1-33-27(32)17-3-6-19(7-4-17)36-24-14-34-26-20(25(24)31)8-9-23-21(26)13-30(15-35-23)11-10-16-2-5-18(28)12-22(16)29/h2-9,12,14H,10-11,13,15H2,1H3. The van der Waals surface area contributed by atoms with Crippen molar-refractivity contribution in [1.82, 2.24) is 4.90 Å². The van der Waals surface area contributed by atoms with Gasteiger partial charge in [-0.25, -0.2) is 4.79 Å². The molecule has 0 spiro atoms. The van der Waals surface area contributed by atoms with Gasteiger partial charge in [-0.3, -0.25) is 9.69 Å². The lowest BCUT2D eigenvalue weighted by Gasteiger charge is -2.29. The highest BCUT2D eigenvalue weighted by Crippen LogP contribution is 2.33. The minimum atomic E-state index is -0.455. The number of esters is 1. The molecule has 0 atom stereocenters. The fraction of sp³-hybridized carbons (Fsp3) is 0.185. The van der Waals surface area contributed by atoms with Gasteiger partial charge in [-0.05, 0) is 60.5 Å². The number of carbonyl (C=O) groups excluding carboxylic acids is 1. The van der Waals surface area contributed by atoms with Crippen LogP contribution in [-0.2, 0) is 17.7 Å². The molecule has 36 heavy (non-hydrogen) atoms. The van der Waals surface area contributed by atoms with E-state index in [0.717, 1.165) is 17.5 Å². The van der Waals surface area contributed by atoms with Gasteiger partial charge < -0.3 is 18.6 Å². The molecule has 1 aliphatic heterocycles. The van der Waals surface area contributed by atoms with Crippen molar-refractivity contribution in [2.24, 2.45) is 0 Å². The second-order valence-corrected chi connectivity index (χ2v) is 9.12. The second-order valence-electron chi connectivity index (χ2n) is 8.28. The van der Waals surface area contributed by atoms with Crippen molar-refractivity contribution in [1.29, 1.82) is 0 Å². The first-order valence-electron chi connectivity index (χ1n) is 11.2. The van der Waals surface area contributed by atoms with E-state index in [9.17, 15) is 9.59 Å². The molecular weight excluding hydrogens is 505 g/mol. The van der Waals surface area contributed by atoms with Gasteiger partial charge in [-0.2, -0.15) is 0 Å². The summed E-state index contributed by atoms with van der Waals surface area (Å²) in [7, 11) is 1.31. The molecule has 0 aliphatic carbocycles. The number of fused-ring (bicyclic) bond motifs is 3. The first-order valence-corrected chi connectivity index (χ1v) is 11.9. The van der Waals surface area contributed by atoms with Gasteiger partial charge in [0.25, 0.3) is 0 Å². The maximum Gasteiger partial charge on any atom is 0.337 e. The summed E-state index contributed by atoms with van der Waals surface area (Å²) in [5, 5.41) is 1.62. The zero-order chi connectivity index (χ0) is 25.2. The molecule has 3 aromatic carbocycles. The summed E-state index contributed by atoms with van der Waals surface area (Å²) >= 11 is 12.3. The molecule has 2 heterocycles. The summed E-state index contributed by atoms with van der Waals surface area (Å²) in [6, 6.07) is 15.2. The molecule has 5 rings (SSSR count). The third-order valence-electron chi connectivity index (χ3n) is 5.97. The number of benzene rings is 3. The summed E-state index contributed by atoms with van der Waals surface area (Å²) in [5.41, 5.74) is 2.33. The third kappa shape index (κ3) is 4.91. The third-order valence-corrected chi connectivity index (χ3v) is 6.56. The maximum atomic E-state index is 13.2. The van der Waals surface area contributed by atoms with E-state index in [4.69, 9.17) is 41.8 Å². The molecule has 0 fully saturated rings. The van der Waals surface area contributed by atoms with Crippen LogP contribution in [0.5, 0.6) is 17.2 Å². The van der Waals surface area contributed by atoms with Crippen molar-refractivity contribution in [3.05, 3.63) is 97.8 Å². The van der Waals surface area contributed by atoms with Gasteiger partial charge in [0.2, 0.25) is 11.2 Å². The molecule has 9 heteroatoms. The average molecular weight is 526 g/mol. The van der Waals surface area contributed by atoms with E-state index in [1.807, 2.05) is 12.1 Å². The van der Waals surface area contributed by atoms with Crippen molar-refractivity contribution in [3.63, 3.8) is 0 Å². The van der Waals surface area contributed by atoms with Gasteiger partial charge in [-0.1, -0.05) is 29.3 Å². The zero-order valence-electron chi connectivity index (χ0n) is 19.3. The van der Waals surface area contributed by atoms with Gasteiger partial charge >= 0.3 is 5.97 Å². The smallest absolute Gasteiger partial charge is 0.337 e. The maximum absolute atomic E-state index is 13.2. The average Bonchev–Trinajstić information content (AvgIpc) is 2.89. The van der Waals surface area contributed by atoms with Crippen LogP contribution in [0.4, 0.5) is 0 Å². The Bertz CT molecular complexity index is 1500. The summed E-state index contributed by atoms with van der Waals surface area (Å²) < 4.78 is 22.2. The van der Waals surface area contributed by atoms with Gasteiger partial charge in [0, 0.05) is 23.1 Å². The van der Waals surface area contributed by atoms with Crippen LogP contribution in [-0.4, -0.2) is 31.3 Å². The minimum Gasteiger partial charge on any atom is -0.478 e. The van der Waals surface area contributed by atoms with Gasteiger partial charge in [0.15, 0.2) is 0 Å². The fourth-order valence-electron chi connectivity index (χ4n) is 4.06. The lowest BCUT2D eigenvalue weighted by atomic mass is 10.1. The highest BCUT2D eigenvalue weighted by Gasteiger charge is 2.23. The van der Waals surface area contributed by atoms with Gasteiger partial charge in [-0.15, -0.1) is 0 Å². The number of methoxy groups -OCH3 is 1. The minimum absolute atomic E-state index is 0.0410. The molecular formula is C27H21Cl2NO6. The molecule has 0 N–H and O–H groups in total. The molecule has 184 valence electrons.